The van der Waals surface area contributed by atoms with E-state index in [0.29, 0.717) is 6.54 Å². The molecule has 4 N–H and O–H groups in total. The van der Waals surface area contributed by atoms with Crippen LogP contribution in [0.2, 0.25) is 0 Å². The van der Waals surface area contributed by atoms with Crippen LogP contribution < -0.4 is 16.0 Å². The van der Waals surface area contributed by atoms with Gasteiger partial charge in [-0.2, -0.15) is 0 Å². The molecule has 0 aromatic heterocycles. The lowest BCUT2D eigenvalue weighted by atomic mass is 10.0. The first-order chi connectivity index (χ1) is 13.9. The Labute approximate surface area is 170 Å². The first-order valence-electron chi connectivity index (χ1n) is 9.52. The fraction of sp³-hybridized carbons (Fsp3) is 0.318. The molecule has 0 aliphatic heterocycles. The monoisotopic (exact) mass is 397 g/mol. The molecule has 2 unspecified atom stereocenters. The number of amides is 3. The van der Waals surface area contributed by atoms with Gasteiger partial charge in [-0.1, -0.05) is 74.5 Å². The molecule has 7 nitrogen and oxygen atoms in total. The van der Waals surface area contributed by atoms with Gasteiger partial charge in [0.15, 0.2) is 0 Å². The number of benzene rings is 2. The number of carbonyl (C=O) groups excluding carboxylic acids is 2. The van der Waals surface area contributed by atoms with E-state index < -0.39 is 30.0 Å². The molecular weight excluding hydrogens is 370 g/mol. The lowest BCUT2D eigenvalue weighted by molar-refractivity contribution is -0.142. The Bertz CT molecular complexity index is 809. The molecule has 0 bridgehead atoms. The van der Waals surface area contributed by atoms with Crippen LogP contribution in [0.4, 0.5) is 4.79 Å². The van der Waals surface area contributed by atoms with Crippen LogP contribution in [-0.2, 0) is 22.6 Å². The van der Waals surface area contributed by atoms with Crippen LogP contribution in [0.5, 0.6) is 0 Å². The number of nitrogens with one attached hydrogen (secondary N) is 3. The summed E-state index contributed by atoms with van der Waals surface area (Å²) >= 11 is 0. The van der Waals surface area contributed by atoms with Gasteiger partial charge in [0.25, 0.3) is 0 Å². The Hall–Kier alpha value is -3.35. The lowest BCUT2D eigenvalue weighted by Gasteiger charge is -2.24. The Morgan fingerprint density at radius 3 is 1.93 bits per heavy atom. The lowest BCUT2D eigenvalue weighted by Crippen LogP contribution is -2.55. The number of rotatable bonds is 9. The minimum atomic E-state index is -1.13. The van der Waals surface area contributed by atoms with Crippen LogP contribution >= 0.6 is 0 Å². The summed E-state index contributed by atoms with van der Waals surface area (Å²) in [6.45, 7) is 3.90. The van der Waals surface area contributed by atoms with Gasteiger partial charge in [0.2, 0.25) is 5.91 Å². The fourth-order valence-corrected chi connectivity index (χ4v) is 2.82. The first-order valence-corrected chi connectivity index (χ1v) is 9.52. The molecule has 154 valence electrons. The van der Waals surface area contributed by atoms with Crippen LogP contribution in [0, 0.1) is 5.92 Å². The number of carboxylic acids is 1. The van der Waals surface area contributed by atoms with Crippen molar-refractivity contribution in [2.75, 3.05) is 0 Å². The number of aliphatic carboxylic acids is 1. The maximum atomic E-state index is 12.7. The van der Waals surface area contributed by atoms with E-state index in [2.05, 4.69) is 16.0 Å². The molecule has 0 radical (unpaired) electrons. The standard InChI is InChI=1S/C22H27N3O4/c1-15(2)19(25-22(29)23-14-17-11-7-4-8-12-17)20(26)24-18(21(27)28)13-16-9-5-3-6-10-16/h3-12,15,18-19H,13-14H2,1-2H3,(H,24,26)(H,27,28)(H2,23,25,29). The molecule has 2 aromatic rings. The van der Waals surface area contributed by atoms with E-state index in [4.69, 9.17) is 0 Å². The van der Waals surface area contributed by atoms with Crippen molar-refractivity contribution in [2.24, 2.45) is 5.92 Å². The highest BCUT2D eigenvalue weighted by Gasteiger charge is 2.28. The van der Waals surface area contributed by atoms with E-state index in [1.807, 2.05) is 48.5 Å². The Morgan fingerprint density at radius 2 is 1.41 bits per heavy atom. The average Bonchev–Trinajstić information content (AvgIpc) is 2.71. The molecule has 0 heterocycles. The van der Waals surface area contributed by atoms with Crippen molar-refractivity contribution in [1.29, 1.82) is 0 Å². The summed E-state index contributed by atoms with van der Waals surface area (Å²) in [6, 6.07) is 16.0. The van der Waals surface area contributed by atoms with Crippen LogP contribution in [0.1, 0.15) is 25.0 Å². The average molecular weight is 397 g/mol. The van der Waals surface area contributed by atoms with Crippen molar-refractivity contribution >= 4 is 17.9 Å². The highest BCUT2D eigenvalue weighted by atomic mass is 16.4. The van der Waals surface area contributed by atoms with E-state index in [-0.39, 0.29) is 12.3 Å². The molecule has 0 fully saturated rings. The number of hydrogen-bond acceptors (Lipinski definition) is 3. The van der Waals surface area contributed by atoms with Gasteiger partial charge in [-0.3, -0.25) is 4.79 Å². The molecule has 0 saturated heterocycles. The predicted octanol–water partition coefficient (Wildman–Crippen LogP) is 2.32. The summed E-state index contributed by atoms with van der Waals surface area (Å²) in [5.41, 5.74) is 1.73. The molecule has 3 amide bonds. The highest BCUT2D eigenvalue weighted by molar-refractivity contribution is 5.90. The van der Waals surface area contributed by atoms with E-state index >= 15 is 0 Å². The van der Waals surface area contributed by atoms with Crippen LogP contribution in [-0.4, -0.2) is 35.1 Å². The summed E-state index contributed by atoms with van der Waals surface area (Å²) in [7, 11) is 0. The molecule has 2 aromatic carbocycles. The highest BCUT2D eigenvalue weighted by Crippen LogP contribution is 2.07. The third kappa shape index (κ3) is 7.29. The van der Waals surface area contributed by atoms with Gasteiger partial charge in [-0.25, -0.2) is 9.59 Å². The first kappa shape index (κ1) is 21.9. The normalized spacial score (nSPS) is 12.7. The maximum absolute atomic E-state index is 12.7. The van der Waals surface area contributed by atoms with Crippen molar-refractivity contribution in [3.8, 4) is 0 Å². The van der Waals surface area contributed by atoms with Gasteiger partial charge in [0.05, 0.1) is 0 Å². The zero-order valence-electron chi connectivity index (χ0n) is 16.6. The van der Waals surface area contributed by atoms with E-state index in [1.54, 1.807) is 26.0 Å². The number of urea groups is 1. The number of carbonyl (C=O) groups is 3. The second-order valence-electron chi connectivity index (χ2n) is 7.12. The Balaban J connectivity index is 1.96. The second-order valence-corrected chi connectivity index (χ2v) is 7.12. The predicted molar refractivity (Wildman–Crippen MR) is 110 cm³/mol. The number of hydrogen-bond donors (Lipinski definition) is 4. The largest absolute Gasteiger partial charge is 0.480 e. The molecule has 0 saturated carbocycles. The van der Waals surface area contributed by atoms with Crippen molar-refractivity contribution < 1.29 is 19.5 Å². The summed E-state index contributed by atoms with van der Waals surface area (Å²) in [5, 5.41) is 17.4. The molecule has 2 rings (SSSR count). The van der Waals surface area contributed by atoms with Crippen molar-refractivity contribution in [2.45, 2.75) is 38.9 Å². The quantitative estimate of drug-likeness (QED) is 0.521. The van der Waals surface area contributed by atoms with Crippen molar-refractivity contribution in [1.82, 2.24) is 16.0 Å². The van der Waals surface area contributed by atoms with Gasteiger partial charge in [-0.05, 0) is 17.0 Å². The third-order valence-electron chi connectivity index (χ3n) is 4.43. The fourth-order valence-electron chi connectivity index (χ4n) is 2.82. The summed E-state index contributed by atoms with van der Waals surface area (Å²) in [5.74, 6) is -1.87. The topological polar surface area (TPSA) is 108 Å². The molecular formula is C22H27N3O4. The minimum Gasteiger partial charge on any atom is -0.480 e. The zero-order valence-corrected chi connectivity index (χ0v) is 16.6. The van der Waals surface area contributed by atoms with Gasteiger partial charge < -0.3 is 21.1 Å². The molecule has 0 aliphatic rings. The van der Waals surface area contributed by atoms with Gasteiger partial charge in [0.1, 0.15) is 12.1 Å². The molecule has 2 atom stereocenters. The van der Waals surface area contributed by atoms with Gasteiger partial charge in [-0.15, -0.1) is 0 Å². The molecule has 0 aliphatic carbocycles. The second kappa shape index (κ2) is 10.8. The maximum Gasteiger partial charge on any atom is 0.326 e. The van der Waals surface area contributed by atoms with Crippen LogP contribution in [0.25, 0.3) is 0 Å². The Kier molecular flexibility index (Phi) is 8.21. The van der Waals surface area contributed by atoms with E-state index in [9.17, 15) is 19.5 Å². The van der Waals surface area contributed by atoms with Crippen molar-refractivity contribution in [3.05, 3.63) is 71.8 Å². The smallest absolute Gasteiger partial charge is 0.326 e. The van der Waals surface area contributed by atoms with Crippen LogP contribution in [0.3, 0.4) is 0 Å². The molecule has 7 heteroatoms. The van der Waals surface area contributed by atoms with E-state index in [0.717, 1.165) is 11.1 Å². The Morgan fingerprint density at radius 1 is 0.862 bits per heavy atom. The van der Waals surface area contributed by atoms with Crippen LogP contribution in [0.15, 0.2) is 60.7 Å². The number of carboxylic acid groups (broad SMARTS) is 1. The SMILES string of the molecule is CC(C)C(NC(=O)NCc1ccccc1)C(=O)NC(Cc1ccccc1)C(=O)O. The molecule has 29 heavy (non-hydrogen) atoms. The van der Waals surface area contributed by atoms with Gasteiger partial charge >= 0.3 is 12.0 Å². The third-order valence-corrected chi connectivity index (χ3v) is 4.43. The summed E-state index contributed by atoms with van der Waals surface area (Å²) in [6.07, 6.45) is 0.160. The summed E-state index contributed by atoms with van der Waals surface area (Å²) < 4.78 is 0. The van der Waals surface area contributed by atoms with Gasteiger partial charge in [0, 0.05) is 13.0 Å². The zero-order chi connectivity index (χ0) is 21.2. The molecule has 0 spiro atoms. The summed E-state index contributed by atoms with van der Waals surface area (Å²) in [4.78, 5) is 36.5. The van der Waals surface area contributed by atoms with E-state index in [1.165, 1.54) is 0 Å². The minimum absolute atomic E-state index is 0.160. The van der Waals surface area contributed by atoms with Crippen molar-refractivity contribution in [3.63, 3.8) is 0 Å².